The predicted octanol–water partition coefficient (Wildman–Crippen LogP) is 5.40. The van der Waals surface area contributed by atoms with E-state index in [1.54, 1.807) is 30.1 Å². The molecule has 4 rings (SSSR count). The molecule has 0 fully saturated rings. The van der Waals surface area contributed by atoms with Gasteiger partial charge in [-0.3, -0.25) is 0 Å². The summed E-state index contributed by atoms with van der Waals surface area (Å²) in [5, 5.41) is 15.3. The second-order valence-corrected chi connectivity index (χ2v) is 6.74. The first-order valence-electron chi connectivity index (χ1n) is 8.07. The van der Waals surface area contributed by atoms with Gasteiger partial charge in [-0.25, -0.2) is 9.97 Å². The number of hydrogen-bond donors (Lipinski definition) is 1. The molecule has 3 aromatic carbocycles. The molecule has 0 radical (unpaired) electrons. The highest BCUT2D eigenvalue weighted by Crippen LogP contribution is 2.29. The molecule has 124 valence electrons. The molecule has 0 unspecified atom stereocenters. The highest BCUT2D eigenvalue weighted by atomic mass is 32.2. The minimum atomic E-state index is 0.528. The van der Waals surface area contributed by atoms with Crippen molar-refractivity contribution in [1.82, 2.24) is 9.97 Å². The Morgan fingerprint density at radius 1 is 0.885 bits per heavy atom. The first-order valence-corrected chi connectivity index (χ1v) is 8.89. The first kappa shape index (κ1) is 16.1. The third-order valence-electron chi connectivity index (χ3n) is 3.84. The van der Waals surface area contributed by atoms with Gasteiger partial charge in [-0.05, 0) is 53.2 Å². The van der Waals surface area contributed by atoms with Crippen LogP contribution in [0.1, 0.15) is 5.56 Å². The number of nitriles is 1. The van der Waals surface area contributed by atoms with Crippen LogP contribution in [0.15, 0.2) is 88.9 Å². The summed E-state index contributed by atoms with van der Waals surface area (Å²) in [6, 6.07) is 25.9. The van der Waals surface area contributed by atoms with Gasteiger partial charge in [-0.1, -0.05) is 42.1 Å². The maximum Gasteiger partial charge on any atom is 0.228 e. The topological polar surface area (TPSA) is 61.6 Å². The van der Waals surface area contributed by atoms with Gasteiger partial charge in [-0.2, -0.15) is 5.26 Å². The molecule has 0 saturated carbocycles. The van der Waals surface area contributed by atoms with Crippen molar-refractivity contribution >= 4 is 34.2 Å². The quantitative estimate of drug-likeness (QED) is 0.497. The summed E-state index contributed by atoms with van der Waals surface area (Å²) >= 11 is 1.60. The first-order chi connectivity index (χ1) is 12.8. The van der Waals surface area contributed by atoms with E-state index in [2.05, 4.69) is 51.7 Å². The molecule has 1 N–H and O–H groups in total. The molecule has 0 bridgehead atoms. The highest BCUT2D eigenvalue weighted by Gasteiger charge is 2.04. The number of anilines is 2. The lowest BCUT2D eigenvalue weighted by Crippen LogP contribution is -1.97. The molecule has 4 nitrogen and oxygen atoms in total. The summed E-state index contributed by atoms with van der Waals surface area (Å²) in [6.45, 7) is 0. The summed E-state index contributed by atoms with van der Waals surface area (Å²) in [5.41, 5.74) is 1.47. The molecule has 1 heterocycles. The third-order valence-corrected chi connectivity index (χ3v) is 4.77. The van der Waals surface area contributed by atoms with Gasteiger partial charge in [0.15, 0.2) is 0 Å². The van der Waals surface area contributed by atoms with E-state index in [-0.39, 0.29) is 0 Å². The van der Waals surface area contributed by atoms with Gasteiger partial charge in [0.1, 0.15) is 5.03 Å². The normalized spacial score (nSPS) is 10.4. The van der Waals surface area contributed by atoms with Crippen molar-refractivity contribution in [3.8, 4) is 6.07 Å². The SMILES string of the molecule is N#Cc1ccc(Nc2nccc(Sc3ccc4ccccc4c3)n2)cc1. The Labute approximate surface area is 155 Å². The van der Waals surface area contributed by atoms with Gasteiger partial charge in [0.05, 0.1) is 11.6 Å². The van der Waals surface area contributed by atoms with Crippen LogP contribution in [0.4, 0.5) is 11.6 Å². The summed E-state index contributed by atoms with van der Waals surface area (Å²) in [4.78, 5) is 9.96. The molecule has 0 atom stereocenters. The molecule has 5 heteroatoms. The number of nitrogens with zero attached hydrogens (tertiary/aromatic N) is 3. The largest absolute Gasteiger partial charge is 0.324 e. The molecule has 0 aliphatic rings. The van der Waals surface area contributed by atoms with Gasteiger partial charge >= 0.3 is 0 Å². The maximum absolute atomic E-state index is 8.86. The number of fused-ring (bicyclic) bond motifs is 1. The molecular formula is C21H14N4S. The Morgan fingerprint density at radius 2 is 1.69 bits per heavy atom. The van der Waals surface area contributed by atoms with Crippen LogP contribution in [0.3, 0.4) is 0 Å². The van der Waals surface area contributed by atoms with Crippen molar-refractivity contribution < 1.29 is 0 Å². The predicted molar refractivity (Wildman–Crippen MR) is 105 cm³/mol. The van der Waals surface area contributed by atoms with Gasteiger partial charge in [0.25, 0.3) is 0 Å². The molecule has 26 heavy (non-hydrogen) atoms. The third kappa shape index (κ3) is 3.66. The van der Waals surface area contributed by atoms with E-state index >= 15 is 0 Å². The summed E-state index contributed by atoms with van der Waals surface area (Å²) in [5.74, 6) is 0.528. The van der Waals surface area contributed by atoms with Crippen molar-refractivity contribution in [2.75, 3.05) is 5.32 Å². The van der Waals surface area contributed by atoms with Crippen LogP contribution < -0.4 is 5.32 Å². The maximum atomic E-state index is 8.86. The van der Waals surface area contributed by atoms with Crippen LogP contribution in [0.25, 0.3) is 10.8 Å². The monoisotopic (exact) mass is 354 g/mol. The fourth-order valence-electron chi connectivity index (χ4n) is 2.57. The standard InChI is InChI=1S/C21H14N4S/c22-14-15-5-8-18(9-6-15)24-21-23-12-11-20(25-21)26-19-10-7-16-3-1-2-4-17(16)13-19/h1-13H,(H,23,24,25). The van der Waals surface area contributed by atoms with Crippen molar-refractivity contribution in [1.29, 1.82) is 5.26 Å². The van der Waals surface area contributed by atoms with Crippen molar-refractivity contribution in [2.45, 2.75) is 9.92 Å². The number of aromatic nitrogens is 2. The van der Waals surface area contributed by atoms with Crippen LogP contribution in [0.5, 0.6) is 0 Å². The highest BCUT2D eigenvalue weighted by molar-refractivity contribution is 7.99. The Kier molecular flexibility index (Phi) is 4.50. The van der Waals surface area contributed by atoms with Gasteiger partial charge < -0.3 is 5.32 Å². The van der Waals surface area contributed by atoms with E-state index < -0.39 is 0 Å². The number of nitrogens with one attached hydrogen (secondary N) is 1. The van der Waals surface area contributed by atoms with E-state index in [1.807, 2.05) is 30.3 Å². The smallest absolute Gasteiger partial charge is 0.228 e. The van der Waals surface area contributed by atoms with Crippen LogP contribution in [0, 0.1) is 11.3 Å². The Bertz CT molecular complexity index is 1100. The van der Waals surface area contributed by atoms with Crippen LogP contribution in [-0.2, 0) is 0 Å². The number of rotatable bonds is 4. The van der Waals surface area contributed by atoms with Crippen LogP contribution >= 0.6 is 11.8 Å². The average molecular weight is 354 g/mol. The van der Waals surface area contributed by atoms with E-state index in [0.717, 1.165) is 15.6 Å². The van der Waals surface area contributed by atoms with Gasteiger partial charge in [0.2, 0.25) is 5.95 Å². The molecule has 0 aliphatic carbocycles. The van der Waals surface area contributed by atoms with Crippen molar-refractivity contribution in [3.63, 3.8) is 0 Å². The molecule has 0 saturated heterocycles. The zero-order valence-electron chi connectivity index (χ0n) is 13.8. The molecule has 0 amide bonds. The average Bonchev–Trinajstić information content (AvgIpc) is 2.69. The van der Waals surface area contributed by atoms with E-state index in [4.69, 9.17) is 5.26 Å². The lowest BCUT2D eigenvalue weighted by Gasteiger charge is -2.07. The fraction of sp³-hybridized carbons (Fsp3) is 0. The fourth-order valence-corrected chi connectivity index (χ4v) is 3.39. The minimum Gasteiger partial charge on any atom is -0.324 e. The van der Waals surface area contributed by atoms with Gasteiger partial charge in [0, 0.05) is 16.8 Å². The molecule has 0 spiro atoms. The van der Waals surface area contributed by atoms with E-state index in [1.165, 1.54) is 10.8 Å². The molecule has 0 aliphatic heterocycles. The summed E-state index contributed by atoms with van der Waals surface area (Å²) in [7, 11) is 0. The lowest BCUT2D eigenvalue weighted by atomic mass is 10.1. The van der Waals surface area contributed by atoms with Crippen molar-refractivity contribution in [3.05, 3.63) is 84.6 Å². The van der Waals surface area contributed by atoms with Crippen molar-refractivity contribution in [2.24, 2.45) is 0 Å². The number of hydrogen-bond acceptors (Lipinski definition) is 5. The summed E-state index contributed by atoms with van der Waals surface area (Å²) < 4.78 is 0. The van der Waals surface area contributed by atoms with Crippen LogP contribution in [-0.4, -0.2) is 9.97 Å². The second-order valence-electron chi connectivity index (χ2n) is 5.64. The Hall–Kier alpha value is -3.36. The Morgan fingerprint density at radius 3 is 2.50 bits per heavy atom. The van der Waals surface area contributed by atoms with E-state index in [9.17, 15) is 0 Å². The molecule has 1 aromatic heterocycles. The molecule has 4 aromatic rings. The van der Waals surface area contributed by atoms with Gasteiger partial charge in [-0.15, -0.1) is 0 Å². The zero-order valence-corrected chi connectivity index (χ0v) is 14.6. The number of benzene rings is 3. The zero-order chi connectivity index (χ0) is 17.8. The lowest BCUT2D eigenvalue weighted by molar-refractivity contribution is 1.05. The van der Waals surface area contributed by atoms with E-state index in [0.29, 0.717) is 11.5 Å². The second kappa shape index (κ2) is 7.26. The van der Waals surface area contributed by atoms with Crippen LogP contribution in [0.2, 0.25) is 0 Å². The minimum absolute atomic E-state index is 0.528. The Balaban J connectivity index is 1.53. The molecular weight excluding hydrogens is 340 g/mol. The summed E-state index contributed by atoms with van der Waals surface area (Å²) in [6.07, 6.45) is 1.74.